The third-order valence-corrected chi connectivity index (χ3v) is 4.56. The molecule has 1 heterocycles. The number of aromatic amines is 1. The van der Waals surface area contributed by atoms with E-state index >= 15 is 0 Å². The predicted octanol–water partition coefficient (Wildman–Crippen LogP) is 5.35. The number of fused-ring (bicyclic) bond motifs is 1. The minimum atomic E-state index is -0.416. The van der Waals surface area contributed by atoms with Gasteiger partial charge in [-0.05, 0) is 44.5 Å². The van der Waals surface area contributed by atoms with E-state index in [1.165, 1.54) is 0 Å². The molecule has 0 bridgehead atoms. The van der Waals surface area contributed by atoms with Gasteiger partial charge in [0.1, 0.15) is 11.8 Å². The topological polar surface area (TPSA) is 51.3 Å². The van der Waals surface area contributed by atoms with Gasteiger partial charge in [-0.15, -0.1) is 0 Å². The third kappa shape index (κ3) is 3.48. The molecule has 0 saturated carbocycles. The second-order valence-electron chi connectivity index (χ2n) is 6.36. The molecular formula is C21H22ClNO3. The number of benzene rings is 2. The van der Waals surface area contributed by atoms with Crippen molar-refractivity contribution in [3.8, 4) is 0 Å². The lowest BCUT2D eigenvalue weighted by atomic mass is 9.95. The Labute approximate surface area is 158 Å². The molecule has 1 aromatic heterocycles. The molecule has 1 N–H and O–H groups in total. The van der Waals surface area contributed by atoms with Crippen molar-refractivity contribution in [2.45, 2.75) is 26.9 Å². The molecule has 0 aliphatic rings. The number of aromatic nitrogens is 1. The summed E-state index contributed by atoms with van der Waals surface area (Å²) < 4.78 is 11.1. The minimum Gasteiger partial charge on any atom is -0.461 e. The van der Waals surface area contributed by atoms with Crippen LogP contribution in [-0.4, -0.2) is 24.7 Å². The summed E-state index contributed by atoms with van der Waals surface area (Å²) in [4.78, 5) is 15.7. The summed E-state index contributed by atoms with van der Waals surface area (Å²) >= 11 is 6.21. The summed E-state index contributed by atoms with van der Waals surface area (Å²) in [7, 11) is 1.64. The molecule has 0 amide bonds. The number of hydrogen-bond acceptors (Lipinski definition) is 3. The van der Waals surface area contributed by atoms with Gasteiger partial charge in [-0.3, -0.25) is 0 Å². The molecule has 0 fully saturated rings. The van der Waals surface area contributed by atoms with Crippen molar-refractivity contribution in [1.82, 2.24) is 4.98 Å². The SMILES string of the molecule is CCOC(=O)c1[nH]c2ccc(Cl)cc2c1C(OC)c1cc(C)cc(C)c1. The van der Waals surface area contributed by atoms with Crippen LogP contribution in [0, 0.1) is 13.8 Å². The third-order valence-electron chi connectivity index (χ3n) is 4.33. The highest BCUT2D eigenvalue weighted by Gasteiger charge is 2.27. The zero-order valence-electron chi connectivity index (χ0n) is 15.4. The van der Waals surface area contributed by atoms with E-state index in [0.717, 1.165) is 33.2 Å². The predicted molar refractivity (Wildman–Crippen MR) is 104 cm³/mol. The fourth-order valence-electron chi connectivity index (χ4n) is 3.40. The van der Waals surface area contributed by atoms with Crippen molar-refractivity contribution in [3.05, 3.63) is 69.4 Å². The van der Waals surface area contributed by atoms with E-state index in [4.69, 9.17) is 21.1 Å². The van der Waals surface area contributed by atoms with Gasteiger partial charge in [0.2, 0.25) is 0 Å². The van der Waals surface area contributed by atoms with Crippen molar-refractivity contribution in [2.24, 2.45) is 0 Å². The number of nitrogens with one attached hydrogen (secondary N) is 1. The standard InChI is InChI=1S/C21H22ClNO3/c1-5-26-21(24)19-18(16-11-15(22)6-7-17(16)23-19)20(25-4)14-9-12(2)8-13(3)10-14/h6-11,20,23H,5H2,1-4H3. The Hall–Kier alpha value is -2.30. The first-order chi connectivity index (χ1) is 12.4. The minimum absolute atomic E-state index is 0.301. The maximum absolute atomic E-state index is 12.6. The Balaban J connectivity index is 2.26. The lowest BCUT2D eigenvalue weighted by Gasteiger charge is -2.18. The van der Waals surface area contributed by atoms with E-state index in [0.29, 0.717) is 17.3 Å². The monoisotopic (exact) mass is 371 g/mol. The summed E-state index contributed by atoms with van der Waals surface area (Å²) in [6, 6.07) is 11.7. The Morgan fingerprint density at radius 3 is 2.46 bits per heavy atom. The van der Waals surface area contributed by atoms with E-state index < -0.39 is 12.1 Å². The van der Waals surface area contributed by atoms with Crippen molar-refractivity contribution in [3.63, 3.8) is 0 Å². The van der Waals surface area contributed by atoms with Gasteiger partial charge in [0.15, 0.2) is 0 Å². The van der Waals surface area contributed by atoms with Crippen LogP contribution >= 0.6 is 11.6 Å². The number of methoxy groups -OCH3 is 1. The van der Waals surface area contributed by atoms with E-state index in [1.54, 1.807) is 20.1 Å². The largest absolute Gasteiger partial charge is 0.461 e. The van der Waals surface area contributed by atoms with Gasteiger partial charge >= 0.3 is 5.97 Å². The Kier molecular flexibility index (Phi) is 5.35. The second kappa shape index (κ2) is 7.52. The van der Waals surface area contributed by atoms with Crippen LogP contribution in [0.25, 0.3) is 10.9 Å². The van der Waals surface area contributed by atoms with Gasteiger partial charge in [0.25, 0.3) is 0 Å². The fourth-order valence-corrected chi connectivity index (χ4v) is 3.58. The van der Waals surface area contributed by atoms with Gasteiger partial charge in [0, 0.05) is 28.6 Å². The zero-order chi connectivity index (χ0) is 18.8. The molecule has 3 rings (SSSR count). The lowest BCUT2D eigenvalue weighted by Crippen LogP contribution is -2.12. The molecule has 0 radical (unpaired) electrons. The Morgan fingerprint density at radius 1 is 1.15 bits per heavy atom. The number of esters is 1. The van der Waals surface area contributed by atoms with Crippen molar-refractivity contribution < 1.29 is 14.3 Å². The molecular weight excluding hydrogens is 350 g/mol. The van der Waals surface area contributed by atoms with E-state index in [2.05, 4.69) is 23.2 Å². The molecule has 2 aromatic carbocycles. The molecule has 0 aliphatic heterocycles. The second-order valence-corrected chi connectivity index (χ2v) is 6.80. The highest BCUT2D eigenvalue weighted by atomic mass is 35.5. The highest BCUT2D eigenvalue weighted by molar-refractivity contribution is 6.31. The lowest BCUT2D eigenvalue weighted by molar-refractivity contribution is 0.0512. The Bertz CT molecular complexity index is 941. The summed E-state index contributed by atoms with van der Waals surface area (Å²) in [5, 5.41) is 1.45. The number of aryl methyl sites for hydroxylation is 2. The van der Waals surface area contributed by atoms with Gasteiger partial charge in [-0.1, -0.05) is 40.9 Å². The molecule has 1 atom stereocenters. The molecule has 4 nitrogen and oxygen atoms in total. The summed E-state index contributed by atoms with van der Waals surface area (Å²) in [5.41, 5.74) is 5.22. The fraction of sp³-hybridized carbons (Fsp3) is 0.286. The van der Waals surface area contributed by atoms with Crippen molar-refractivity contribution >= 4 is 28.5 Å². The maximum Gasteiger partial charge on any atom is 0.355 e. The smallest absolute Gasteiger partial charge is 0.355 e. The molecule has 26 heavy (non-hydrogen) atoms. The molecule has 0 aliphatic carbocycles. The number of carbonyl (C=O) groups is 1. The van der Waals surface area contributed by atoms with Crippen LogP contribution in [0.1, 0.15) is 45.8 Å². The van der Waals surface area contributed by atoms with Crippen LogP contribution in [0.15, 0.2) is 36.4 Å². The molecule has 5 heteroatoms. The van der Waals surface area contributed by atoms with Crippen LogP contribution < -0.4 is 0 Å². The average Bonchev–Trinajstić information content (AvgIpc) is 2.94. The van der Waals surface area contributed by atoms with Crippen LogP contribution in [-0.2, 0) is 9.47 Å². The number of ether oxygens (including phenoxy) is 2. The number of carbonyl (C=O) groups excluding carboxylic acids is 1. The van der Waals surface area contributed by atoms with Gasteiger partial charge < -0.3 is 14.5 Å². The van der Waals surface area contributed by atoms with Crippen molar-refractivity contribution in [2.75, 3.05) is 13.7 Å². The molecule has 136 valence electrons. The molecule has 3 aromatic rings. The molecule has 1 unspecified atom stereocenters. The molecule has 0 spiro atoms. The number of rotatable bonds is 5. The maximum atomic E-state index is 12.6. The first-order valence-electron chi connectivity index (χ1n) is 8.53. The Morgan fingerprint density at radius 2 is 1.85 bits per heavy atom. The van der Waals surface area contributed by atoms with E-state index in [9.17, 15) is 4.79 Å². The summed E-state index contributed by atoms with van der Waals surface area (Å²) in [6.07, 6.45) is -0.416. The van der Waals surface area contributed by atoms with Crippen LogP contribution in [0.2, 0.25) is 5.02 Å². The first kappa shape index (κ1) is 18.5. The highest BCUT2D eigenvalue weighted by Crippen LogP contribution is 2.36. The quantitative estimate of drug-likeness (QED) is 0.615. The van der Waals surface area contributed by atoms with Crippen LogP contribution in [0.5, 0.6) is 0 Å². The van der Waals surface area contributed by atoms with Crippen molar-refractivity contribution in [1.29, 1.82) is 0 Å². The summed E-state index contributed by atoms with van der Waals surface area (Å²) in [6.45, 7) is 6.17. The van der Waals surface area contributed by atoms with Gasteiger partial charge in [-0.2, -0.15) is 0 Å². The first-order valence-corrected chi connectivity index (χ1v) is 8.91. The van der Waals surface area contributed by atoms with Crippen LogP contribution in [0.3, 0.4) is 0 Å². The number of hydrogen-bond donors (Lipinski definition) is 1. The zero-order valence-corrected chi connectivity index (χ0v) is 16.1. The number of halogens is 1. The normalized spacial score (nSPS) is 12.3. The number of H-pyrrole nitrogens is 1. The van der Waals surface area contributed by atoms with Gasteiger partial charge in [-0.25, -0.2) is 4.79 Å². The van der Waals surface area contributed by atoms with Crippen LogP contribution in [0.4, 0.5) is 0 Å². The van der Waals surface area contributed by atoms with E-state index in [-0.39, 0.29) is 0 Å². The van der Waals surface area contributed by atoms with E-state index in [1.807, 2.05) is 26.0 Å². The summed E-state index contributed by atoms with van der Waals surface area (Å²) in [5.74, 6) is -0.402. The van der Waals surface area contributed by atoms with Gasteiger partial charge in [0.05, 0.1) is 6.61 Å². The molecule has 0 saturated heterocycles. The average molecular weight is 372 g/mol.